The van der Waals surface area contributed by atoms with E-state index in [-0.39, 0.29) is 6.04 Å². The SMILES string of the molecule is Cc1cc2c(n1C1CCC(C)CC1)CC(C)(C)CC2N. The third kappa shape index (κ3) is 2.43. The predicted molar refractivity (Wildman–Crippen MR) is 84.9 cm³/mol. The first-order chi connectivity index (χ1) is 9.37. The minimum atomic E-state index is 0.233. The van der Waals surface area contributed by atoms with Crippen molar-refractivity contribution in [1.82, 2.24) is 4.57 Å². The van der Waals surface area contributed by atoms with Gasteiger partial charge < -0.3 is 10.3 Å². The lowest BCUT2D eigenvalue weighted by Crippen LogP contribution is -2.31. The van der Waals surface area contributed by atoms with Gasteiger partial charge in [0, 0.05) is 23.5 Å². The van der Waals surface area contributed by atoms with Gasteiger partial charge in [0.2, 0.25) is 0 Å². The summed E-state index contributed by atoms with van der Waals surface area (Å²) in [6.45, 7) is 9.40. The number of rotatable bonds is 1. The molecule has 3 rings (SSSR count). The first-order valence-electron chi connectivity index (χ1n) is 8.33. The molecule has 112 valence electrons. The molecule has 20 heavy (non-hydrogen) atoms. The molecule has 0 saturated heterocycles. The Balaban J connectivity index is 1.96. The van der Waals surface area contributed by atoms with Gasteiger partial charge in [-0.15, -0.1) is 0 Å². The highest BCUT2D eigenvalue weighted by molar-refractivity contribution is 5.34. The minimum Gasteiger partial charge on any atom is -0.346 e. The van der Waals surface area contributed by atoms with Crippen LogP contribution in [0, 0.1) is 18.3 Å². The van der Waals surface area contributed by atoms with Crippen LogP contribution in [0.15, 0.2) is 6.07 Å². The van der Waals surface area contributed by atoms with Gasteiger partial charge in [-0.3, -0.25) is 0 Å². The number of nitrogens with two attached hydrogens (primary N) is 1. The van der Waals surface area contributed by atoms with Gasteiger partial charge in [0.1, 0.15) is 0 Å². The summed E-state index contributed by atoms with van der Waals surface area (Å²) in [4.78, 5) is 0. The molecule has 1 fully saturated rings. The van der Waals surface area contributed by atoms with Crippen LogP contribution in [-0.2, 0) is 6.42 Å². The molecule has 0 bridgehead atoms. The molecule has 1 heterocycles. The van der Waals surface area contributed by atoms with Crippen LogP contribution in [0.4, 0.5) is 0 Å². The Bertz CT molecular complexity index is 490. The highest BCUT2D eigenvalue weighted by Gasteiger charge is 2.35. The summed E-state index contributed by atoms with van der Waals surface area (Å²) in [6, 6.07) is 3.32. The topological polar surface area (TPSA) is 30.9 Å². The summed E-state index contributed by atoms with van der Waals surface area (Å²) >= 11 is 0. The van der Waals surface area contributed by atoms with Crippen molar-refractivity contribution in [3.05, 3.63) is 23.0 Å². The van der Waals surface area contributed by atoms with Crippen LogP contribution in [-0.4, -0.2) is 4.57 Å². The van der Waals surface area contributed by atoms with Crippen LogP contribution in [0.3, 0.4) is 0 Å². The van der Waals surface area contributed by atoms with E-state index in [2.05, 4.69) is 38.3 Å². The van der Waals surface area contributed by atoms with Gasteiger partial charge in [0.15, 0.2) is 0 Å². The van der Waals surface area contributed by atoms with Crippen LogP contribution in [0.25, 0.3) is 0 Å². The van der Waals surface area contributed by atoms with E-state index in [0.717, 1.165) is 18.4 Å². The Morgan fingerprint density at radius 2 is 1.85 bits per heavy atom. The average Bonchev–Trinajstić information content (AvgIpc) is 2.66. The van der Waals surface area contributed by atoms with E-state index >= 15 is 0 Å². The van der Waals surface area contributed by atoms with Crippen molar-refractivity contribution in [2.75, 3.05) is 0 Å². The lowest BCUT2D eigenvalue weighted by atomic mass is 9.74. The fourth-order valence-corrected chi connectivity index (χ4v) is 4.48. The summed E-state index contributed by atoms with van der Waals surface area (Å²) < 4.78 is 2.65. The smallest absolute Gasteiger partial charge is 0.0336 e. The van der Waals surface area contributed by atoms with Crippen LogP contribution >= 0.6 is 0 Å². The van der Waals surface area contributed by atoms with E-state index in [4.69, 9.17) is 5.73 Å². The second-order valence-corrected chi connectivity index (χ2v) is 8.12. The quantitative estimate of drug-likeness (QED) is 0.802. The van der Waals surface area contributed by atoms with Crippen LogP contribution in [0.2, 0.25) is 0 Å². The Hall–Kier alpha value is -0.760. The van der Waals surface area contributed by atoms with Gasteiger partial charge in [0.05, 0.1) is 0 Å². The molecule has 1 saturated carbocycles. The largest absolute Gasteiger partial charge is 0.346 e. The number of nitrogens with zero attached hydrogens (tertiary/aromatic N) is 1. The van der Waals surface area contributed by atoms with E-state index in [1.54, 1.807) is 5.69 Å². The molecule has 0 aromatic carbocycles. The average molecular weight is 274 g/mol. The number of aryl methyl sites for hydroxylation is 1. The summed E-state index contributed by atoms with van der Waals surface area (Å²) in [7, 11) is 0. The van der Waals surface area contributed by atoms with Gasteiger partial charge in [-0.2, -0.15) is 0 Å². The zero-order chi connectivity index (χ0) is 14.5. The molecule has 0 aliphatic heterocycles. The highest BCUT2D eigenvalue weighted by Crippen LogP contribution is 2.44. The normalized spacial score (nSPS) is 33.0. The number of hydrogen-bond donors (Lipinski definition) is 1. The molecular formula is C18H30N2. The van der Waals surface area contributed by atoms with E-state index in [1.165, 1.54) is 43.4 Å². The number of aromatic nitrogens is 1. The molecule has 1 aromatic heterocycles. The van der Waals surface area contributed by atoms with Crippen molar-refractivity contribution in [1.29, 1.82) is 0 Å². The molecule has 0 amide bonds. The van der Waals surface area contributed by atoms with Crippen LogP contribution in [0.1, 0.15) is 81.9 Å². The first-order valence-corrected chi connectivity index (χ1v) is 8.33. The third-order valence-electron chi connectivity index (χ3n) is 5.54. The standard InChI is InChI=1S/C18H30N2/c1-12-5-7-14(8-6-12)20-13(2)9-15-16(19)10-18(3,4)11-17(15)20/h9,12,14,16H,5-8,10-11,19H2,1-4H3. The molecule has 2 aliphatic carbocycles. The van der Waals surface area contributed by atoms with Crippen LogP contribution < -0.4 is 5.73 Å². The van der Waals surface area contributed by atoms with Gasteiger partial charge in [0.25, 0.3) is 0 Å². The van der Waals surface area contributed by atoms with Crippen molar-refractivity contribution in [3.8, 4) is 0 Å². The monoisotopic (exact) mass is 274 g/mol. The summed E-state index contributed by atoms with van der Waals surface area (Å²) in [5.41, 5.74) is 11.2. The van der Waals surface area contributed by atoms with Gasteiger partial charge in [-0.05, 0) is 68.4 Å². The Morgan fingerprint density at radius 1 is 1.20 bits per heavy atom. The second-order valence-electron chi connectivity index (χ2n) is 8.12. The van der Waals surface area contributed by atoms with Crippen molar-refractivity contribution in [2.24, 2.45) is 17.1 Å². The molecule has 1 aromatic rings. The van der Waals surface area contributed by atoms with Crippen molar-refractivity contribution in [2.45, 2.75) is 78.3 Å². The fraction of sp³-hybridized carbons (Fsp3) is 0.778. The van der Waals surface area contributed by atoms with Crippen LogP contribution in [0.5, 0.6) is 0 Å². The molecule has 1 atom stereocenters. The van der Waals surface area contributed by atoms with Crippen molar-refractivity contribution < 1.29 is 0 Å². The van der Waals surface area contributed by atoms with Crippen molar-refractivity contribution in [3.63, 3.8) is 0 Å². The first kappa shape index (κ1) is 14.2. The number of fused-ring (bicyclic) bond motifs is 1. The molecule has 2 heteroatoms. The summed E-state index contributed by atoms with van der Waals surface area (Å²) in [5.74, 6) is 0.914. The molecule has 2 N–H and O–H groups in total. The summed E-state index contributed by atoms with van der Waals surface area (Å²) in [5, 5.41) is 0. The van der Waals surface area contributed by atoms with Gasteiger partial charge in [-0.25, -0.2) is 0 Å². The van der Waals surface area contributed by atoms with E-state index in [9.17, 15) is 0 Å². The second kappa shape index (κ2) is 4.91. The Morgan fingerprint density at radius 3 is 2.50 bits per heavy atom. The Labute approximate surface area is 123 Å². The van der Waals surface area contributed by atoms with E-state index in [0.29, 0.717) is 5.41 Å². The molecule has 2 aliphatic rings. The van der Waals surface area contributed by atoms with Gasteiger partial charge >= 0.3 is 0 Å². The molecule has 0 spiro atoms. The molecule has 2 nitrogen and oxygen atoms in total. The lowest BCUT2D eigenvalue weighted by molar-refractivity contribution is 0.249. The maximum absolute atomic E-state index is 6.44. The van der Waals surface area contributed by atoms with Crippen molar-refractivity contribution >= 4 is 0 Å². The molecular weight excluding hydrogens is 244 g/mol. The predicted octanol–water partition coefficient (Wildman–Crippen LogP) is 4.52. The zero-order valence-electron chi connectivity index (χ0n) is 13.6. The third-order valence-corrected chi connectivity index (χ3v) is 5.54. The summed E-state index contributed by atoms with van der Waals surface area (Å²) in [6.07, 6.45) is 7.76. The minimum absolute atomic E-state index is 0.233. The fourth-order valence-electron chi connectivity index (χ4n) is 4.48. The maximum Gasteiger partial charge on any atom is 0.0336 e. The zero-order valence-corrected chi connectivity index (χ0v) is 13.6. The van der Waals surface area contributed by atoms with E-state index < -0.39 is 0 Å². The number of hydrogen-bond acceptors (Lipinski definition) is 1. The highest BCUT2D eigenvalue weighted by atomic mass is 15.0. The Kier molecular flexibility index (Phi) is 3.48. The molecule has 0 radical (unpaired) electrons. The lowest BCUT2D eigenvalue weighted by Gasteiger charge is -2.37. The maximum atomic E-state index is 6.44. The molecule has 1 unspecified atom stereocenters. The van der Waals surface area contributed by atoms with E-state index in [1.807, 2.05) is 0 Å². The van der Waals surface area contributed by atoms with Gasteiger partial charge in [-0.1, -0.05) is 20.8 Å².